The molecule has 0 aliphatic carbocycles. The molecule has 0 saturated carbocycles. The first-order chi connectivity index (χ1) is 9.60. The van der Waals surface area contributed by atoms with E-state index in [1.54, 1.807) is 24.3 Å². The van der Waals surface area contributed by atoms with Gasteiger partial charge >= 0.3 is 0 Å². The Labute approximate surface area is 123 Å². The average molecular weight is 298 g/mol. The summed E-state index contributed by atoms with van der Waals surface area (Å²) in [4.78, 5) is 0.377. The van der Waals surface area contributed by atoms with E-state index in [-0.39, 0.29) is 18.3 Å². The van der Waals surface area contributed by atoms with Gasteiger partial charge in [0.1, 0.15) is 0 Å². The fourth-order valence-corrected chi connectivity index (χ4v) is 3.71. The molecule has 20 heavy (non-hydrogen) atoms. The van der Waals surface area contributed by atoms with Crippen LogP contribution in [0.25, 0.3) is 0 Å². The highest BCUT2D eigenvalue weighted by Crippen LogP contribution is 2.18. The second kappa shape index (κ2) is 9.14. The third-order valence-electron chi connectivity index (χ3n) is 3.62. The third-order valence-corrected chi connectivity index (χ3v) is 5.38. The van der Waals surface area contributed by atoms with Gasteiger partial charge in [-0.15, -0.1) is 0 Å². The highest BCUT2D eigenvalue weighted by atomic mass is 32.2. The largest absolute Gasteiger partial charge is 0.396 e. The molecule has 1 aromatic rings. The van der Waals surface area contributed by atoms with Crippen molar-refractivity contribution in [1.82, 2.24) is 0 Å². The molecule has 1 unspecified atom stereocenters. The number of aliphatic hydroxyl groups excluding tert-OH is 1. The Hall–Kier alpha value is -0.870. The number of benzene rings is 1. The molecule has 0 aliphatic rings. The minimum atomic E-state index is -3.21. The maximum atomic E-state index is 12.1. The first kappa shape index (κ1) is 17.2. The Morgan fingerprint density at radius 1 is 1.05 bits per heavy atom. The topological polar surface area (TPSA) is 54.4 Å². The molecular formula is C16H26O3S. The van der Waals surface area contributed by atoms with E-state index in [1.165, 1.54) is 19.3 Å². The van der Waals surface area contributed by atoms with Crippen LogP contribution in [0.15, 0.2) is 35.2 Å². The van der Waals surface area contributed by atoms with E-state index in [2.05, 4.69) is 6.92 Å². The molecule has 0 fully saturated rings. The molecule has 0 spiro atoms. The van der Waals surface area contributed by atoms with Crippen LogP contribution in [0, 0.1) is 5.92 Å². The number of aliphatic hydroxyl groups is 1. The zero-order chi connectivity index (χ0) is 14.8. The summed E-state index contributed by atoms with van der Waals surface area (Å²) < 4.78 is 24.3. The van der Waals surface area contributed by atoms with E-state index in [0.717, 1.165) is 12.8 Å². The van der Waals surface area contributed by atoms with Gasteiger partial charge in [-0.1, -0.05) is 50.8 Å². The summed E-state index contributed by atoms with van der Waals surface area (Å²) in [7, 11) is -3.21. The van der Waals surface area contributed by atoms with E-state index >= 15 is 0 Å². The summed E-state index contributed by atoms with van der Waals surface area (Å²) in [5, 5.41) is 9.36. The van der Waals surface area contributed by atoms with Gasteiger partial charge in [-0.2, -0.15) is 0 Å². The molecule has 0 radical (unpaired) electrons. The van der Waals surface area contributed by atoms with Crippen LogP contribution in [0.2, 0.25) is 0 Å². The molecule has 114 valence electrons. The van der Waals surface area contributed by atoms with Gasteiger partial charge in [0.2, 0.25) is 0 Å². The lowest BCUT2D eigenvalue weighted by atomic mass is 9.99. The molecule has 0 aliphatic heterocycles. The second-order valence-corrected chi connectivity index (χ2v) is 7.43. The summed E-state index contributed by atoms with van der Waals surface area (Å²) in [6.07, 6.45) is 6.09. The van der Waals surface area contributed by atoms with Crippen molar-refractivity contribution in [2.24, 2.45) is 5.92 Å². The summed E-state index contributed by atoms with van der Waals surface area (Å²) in [5.41, 5.74) is 0. The van der Waals surface area contributed by atoms with Crippen LogP contribution in [0.5, 0.6) is 0 Å². The first-order valence-corrected chi connectivity index (χ1v) is 9.14. The van der Waals surface area contributed by atoms with E-state index < -0.39 is 9.84 Å². The summed E-state index contributed by atoms with van der Waals surface area (Å²) >= 11 is 0. The highest BCUT2D eigenvalue weighted by Gasteiger charge is 2.17. The quantitative estimate of drug-likeness (QED) is 0.673. The Morgan fingerprint density at radius 3 is 2.35 bits per heavy atom. The van der Waals surface area contributed by atoms with Gasteiger partial charge in [-0.25, -0.2) is 8.42 Å². The van der Waals surface area contributed by atoms with Gasteiger partial charge in [-0.3, -0.25) is 0 Å². The van der Waals surface area contributed by atoms with Gasteiger partial charge in [0.15, 0.2) is 9.84 Å². The molecular weight excluding hydrogens is 272 g/mol. The molecule has 0 amide bonds. The van der Waals surface area contributed by atoms with Crippen molar-refractivity contribution in [2.45, 2.75) is 50.3 Å². The van der Waals surface area contributed by atoms with E-state index in [1.807, 2.05) is 6.07 Å². The molecule has 1 atom stereocenters. The van der Waals surface area contributed by atoms with Gasteiger partial charge < -0.3 is 5.11 Å². The van der Waals surface area contributed by atoms with Crippen LogP contribution in [-0.2, 0) is 9.84 Å². The molecule has 0 aromatic heterocycles. The Morgan fingerprint density at radius 2 is 1.75 bits per heavy atom. The Kier molecular flexibility index (Phi) is 7.85. The lowest BCUT2D eigenvalue weighted by Gasteiger charge is -2.14. The summed E-state index contributed by atoms with van der Waals surface area (Å²) in [6.45, 7) is 2.24. The number of sulfone groups is 1. The molecule has 3 nitrogen and oxygen atoms in total. The van der Waals surface area contributed by atoms with Gasteiger partial charge in [0.25, 0.3) is 0 Å². The van der Waals surface area contributed by atoms with E-state index in [9.17, 15) is 13.5 Å². The van der Waals surface area contributed by atoms with Gasteiger partial charge in [0, 0.05) is 6.61 Å². The minimum Gasteiger partial charge on any atom is -0.396 e. The van der Waals surface area contributed by atoms with Crippen molar-refractivity contribution in [3.63, 3.8) is 0 Å². The van der Waals surface area contributed by atoms with Crippen molar-refractivity contribution in [2.75, 3.05) is 12.4 Å². The Balaban J connectivity index is 2.43. The molecule has 1 aromatic carbocycles. The Bertz CT molecular complexity index is 454. The molecule has 1 N–H and O–H groups in total. The number of rotatable bonds is 10. The van der Waals surface area contributed by atoms with Gasteiger partial charge in [0.05, 0.1) is 10.6 Å². The maximum absolute atomic E-state index is 12.1. The zero-order valence-electron chi connectivity index (χ0n) is 12.3. The lowest BCUT2D eigenvalue weighted by Crippen LogP contribution is -2.14. The summed E-state index contributed by atoms with van der Waals surface area (Å²) in [6, 6.07) is 8.54. The standard InChI is InChI=1S/C16H26O3S/c1-2-3-4-6-9-15(14-17)12-13-20(18,19)16-10-7-5-8-11-16/h5,7-8,10-11,15,17H,2-4,6,9,12-14H2,1H3. The predicted molar refractivity (Wildman–Crippen MR) is 82.4 cm³/mol. The SMILES string of the molecule is CCCCCCC(CO)CCS(=O)(=O)c1ccccc1. The maximum Gasteiger partial charge on any atom is 0.178 e. The van der Waals surface area contributed by atoms with Crippen molar-refractivity contribution in [1.29, 1.82) is 0 Å². The first-order valence-electron chi connectivity index (χ1n) is 7.48. The van der Waals surface area contributed by atoms with Crippen LogP contribution in [0.1, 0.15) is 45.4 Å². The summed E-state index contributed by atoms with van der Waals surface area (Å²) in [5.74, 6) is 0.223. The molecule has 0 heterocycles. The van der Waals surface area contributed by atoms with Gasteiger partial charge in [-0.05, 0) is 30.9 Å². The number of hydrogen-bond acceptors (Lipinski definition) is 3. The molecule has 1 rings (SSSR count). The van der Waals surface area contributed by atoms with E-state index in [0.29, 0.717) is 11.3 Å². The van der Waals surface area contributed by atoms with Crippen LogP contribution >= 0.6 is 0 Å². The lowest BCUT2D eigenvalue weighted by molar-refractivity contribution is 0.212. The minimum absolute atomic E-state index is 0.0798. The van der Waals surface area contributed by atoms with Crippen LogP contribution < -0.4 is 0 Å². The van der Waals surface area contributed by atoms with Crippen molar-refractivity contribution in [3.05, 3.63) is 30.3 Å². The predicted octanol–water partition coefficient (Wildman–Crippen LogP) is 3.43. The average Bonchev–Trinajstić information content (AvgIpc) is 2.47. The van der Waals surface area contributed by atoms with Crippen molar-refractivity contribution >= 4 is 9.84 Å². The zero-order valence-corrected chi connectivity index (χ0v) is 13.1. The molecule has 0 bridgehead atoms. The third kappa shape index (κ3) is 6.06. The van der Waals surface area contributed by atoms with Crippen LogP contribution in [0.3, 0.4) is 0 Å². The highest BCUT2D eigenvalue weighted by molar-refractivity contribution is 7.91. The molecule has 0 saturated heterocycles. The van der Waals surface area contributed by atoms with Crippen LogP contribution in [0.4, 0.5) is 0 Å². The van der Waals surface area contributed by atoms with Crippen LogP contribution in [-0.4, -0.2) is 25.9 Å². The van der Waals surface area contributed by atoms with Crippen molar-refractivity contribution in [3.8, 4) is 0 Å². The monoisotopic (exact) mass is 298 g/mol. The fourth-order valence-electron chi connectivity index (χ4n) is 2.25. The normalized spacial score (nSPS) is 13.3. The molecule has 4 heteroatoms. The van der Waals surface area contributed by atoms with Crippen molar-refractivity contribution < 1.29 is 13.5 Å². The second-order valence-electron chi connectivity index (χ2n) is 5.32. The van der Waals surface area contributed by atoms with E-state index in [4.69, 9.17) is 0 Å². The number of unbranched alkanes of at least 4 members (excludes halogenated alkanes) is 3. The number of hydrogen-bond donors (Lipinski definition) is 1. The fraction of sp³-hybridized carbons (Fsp3) is 0.625. The smallest absolute Gasteiger partial charge is 0.178 e.